The van der Waals surface area contributed by atoms with Gasteiger partial charge < -0.3 is 11.1 Å². The van der Waals surface area contributed by atoms with Crippen molar-refractivity contribution in [2.75, 3.05) is 5.32 Å². The van der Waals surface area contributed by atoms with Crippen molar-refractivity contribution in [2.24, 2.45) is 5.73 Å². The molecule has 136 valence electrons. The number of amides is 2. The van der Waals surface area contributed by atoms with E-state index < -0.39 is 5.91 Å². The predicted molar refractivity (Wildman–Crippen MR) is 112 cm³/mol. The second kappa shape index (κ2) is 8.28. The summed E-state index contributed by atoms with van der Waals surface area (Å²) in [6.45, 7) is 0. The lowest BCUT2D eigenvalue weighted by molar-refractivity contribution is 0.0975. The highest BCUT2D eigenvalue weighted by Gasteiger charge is 2.24. The van der Waals surface area contributed by atoms with Crippen LogP contribution in [0.4, 0.5) is 5.00 Å². The van der Waals surface area contributed by atoms with Crippen molar-refractivity contribution in [2.45, 2.75) is 32.1 Å². The largest absolute Gasteiger partial charge is 0.365 e. The molecule has 8 heteroatoms. The maximum Gasteiger partial charge on any atom is 0.257 e. The molecule has 0 radical (unpaired) electrons. The number of nitrogens with two attached hydrogens (primary N) is 1. The van der Waals surface area contributed by atoms with Crippen LogP contribution in [0.1, 0.15) is 50.4 Å². The van der Waals surface area contributed by atoms with Gasteiger partial charge in [0.05, 0.1) is 5.56 Å². The van der Waals surface area contributed by atoms with Gasteiger partial charge in [0.1, 0.15) is 5.00 Å². The van der Waals surface area contributed by atoms with Crippen LogP contribution < -0.4 is 16.4 Å². The molecule has 26 heavy (non-hydrogen) atoms. The summed E-state index contributed by atoms with van der Waals surface area (Å²) >= 11 is 10.1. The minimum absolute atomic E-state index is 0.150. The number of thiocarbonyl (C=S) groups is 1. The van der Waals surface area contributed by atoms with E-state index in [0.29, 0.717) is 16.1 Å². The molecule has 0 saturated heterocycles. The third-order valence-corrected chi connectivity index (χ3v) is 6.17. The van der Waals surface area contributed by atoms with Crippen molar-refractivity contribution in [1.82, 2.24) is 5.32 Å². The lowest BCUT2D eigenvalue weighted by Crippen LogP contribution is -2.34. The number of nitrogens with one attached hydrogen (secondary N) is 2. The zero-order chi connectivity index (χ0) is 18.7. The maximum atomic E-state index is 12.3. The van der Waals surface area contributed by atoms with E-state index in [1.54, 1.807) is 24.3 Å². The number of benzene rings is 1. The first-order valence-corrected chi connectivity index (χ1v) is 10.3. The molecule has 0 aliphatic heterocycles. The highest BCUT2D eigenvalue weighted by molar-refractivity contribution is 9.10. The minimum atomic E-state index is -0.464. The van der Waals surface area contributed by atoms with Gasteiger partial charge in [-0.15, -0.1) is 11.3 Å². The van der Waals surface area contributed by atoms with E-state index in [2.05, 4.69) is 26.6 Å². The first kappa shape index (κ1) is 19.0. The number of carbonyl (C=O) groups excluding carboxylic acids is 2. The van der Waals surface area contributed by atoms with Crippen molar-refractivity contribution >= 4 is 61.4 Å². The molecule has 4 N–H and O–H groups in total. The summed E-state index contributed by atoms with van der Waals surface area (Å²) in [7, 11) is 0. The number of thiophene rings is 1. The lowest BCUT2D eigenvalue weighted by Gasteiger charge is -2.10. The maximum absolute atomic E-state index is 12.3. The fourth-order valence-electron chi connectivity index (χ4n) is 3.00. The first-order chi connectivity index (χ1) is 12.5. The van der Waals surface area contributed by atoms with E-state index in [1.165, 1.54) is 16.2 Å². The number of carbonyl (C=O) groups is 2. The summed E-state index contributed by atoms with van der Waals surface area (Å²) in [6, 6.07) is 6.97. The van der Waals surface area contributed by atoms with E-state index in [1.807, 2.05) is 0 Å². The molecule has 2 aromatic rings. The molecule has 0 atom stereocenters. The molecule has 0 spiro atoms. The number of primary amides is 1. The van der Waals surface area contributed by atoms with Crippen LogP contribution in [0.25, 0.3) is 0 Å². The quantitative estimate of drug-likeness (QED) is 0.486. The van der Waals surface area contributed by atoms with Gasteiger partial charge in [-0.1, -0.05) is 22.4 Å². The van der Waals surface area contributed by atoms with Gasteiger partial charge in [-0.05, 0) is 67.7 Å². The molecule has 3 rings (SSSR count). The van der Waals surface area contributed by atoms with Crippen molar-refractivity contribution < 1.29 is 9.59 Å². The van der Waals surface area contributed by atoms with Crippen LogP contribution in [-0.2, 0) is 12.8 Å². The zero-order valence-corrected chi connectivity index (χ0v) is 17.2. The molecular formula is C18H18BrN3O2S2. The van der Waals surface area contributed by atoms with Crippen molar-refractivity contribution in [3.8, 4) is 0 Å². The number of hydrogen-bond acceptors (Lipinski definition) is 4. The van der Waals surface area contributed by atoms with Gasteiger partial charge in [-0.25, -0.2) is 0 Å². The summed E-state index contributed by atoms with van der Waals surface area (Å²) < 4.78 is 0.890. The molecule has 1 aromatic heterocycles. The Balaban J connectivity index is 1.76. The van der Waals surface area contributed by atoms with E-state index >= 15 is 0 Å². The molecule has 1 aliphatic carbocycles. The highest BCUT2D eigenvalue weighted by Crippen LogP contribution is 2.37. The number of aryl methyl sites for hydroxylation is 1. The Labute approximate surface area is 169 Å². The van der Waals surface area contributed by atoms with Gasteiger partial charge in [0.2, 0.25) is 0 Å². The van der Waals surface area contributed by atoms with E-state index in [9.17, 15) is 9.59 Å². The molecule has 2 amide bonds. The number of hydrogen-bond donors (Lipinski definition) is 3. The van der Waals surface area contributed by atoms with Crippen molar-refractivity contribution in [1.29, 1.82) is 0 Å². The molecule has 0 unspecified atom stereocenters. The van der Waals surface area contributed by atoms with Gasteiger partial charge in [0.25, 0.3) is 11.8 Å². The van der Waals surface area contributed by atoms with E-state index in [0.717, 1.165) is 42.1 Å². The van der Waals surface area contributed by atoms with Crippen LogP contribution in [0.5, 0.6) is 0 Å². The van der Waals surface area contributed by atoms with E-state index in [4.69, 9.17) is 18.0 Å². The summed E-state index contributed by atoms with van der Waals surface area (Å²) in [4.78, 5) is 25.4. The van der Waals surface area contributed by atoms with Crippen LogP contribution in [0.3, 0.4) is 0 Å². The van der Waals surface area contributed by atoms with Crippen LogP contribution in [-0.4, -0.2) is 16.9 Å². The molecule has 5 nitrogen and oxygen atoms in total. The SMILES string of the molecule is NC(=O)c1c(NC(=S)NC(=O)c2ccc(Br)cc2)sc2c1CCCCC2. The standard InChI is InChI=1S/C18H18BrN3O2S2/c19-11-8-6-10(7-9-11)16(24)21-18(25)22-17-14(15(20)23)12-4-2-1-3-5-13(12)26-17/h6-9H,1-5H2,(H2,20,23)(H2,21,22,24,25). The molecule has 0 fully saturated rings. The number of rotatable bonds is 3. The normalized spacial score (nSPS) is 13.4. The monoisotopic (exact) mass is 451 g/mol. The van der Waals surface area contributed by atoms with Crippen LogP contribution >= 0.6 is 39.5 Å². The average molecular weight is 452 g/mol. The molecule has 1 aliphatic rings. The minimum Gasteiger partial charge on any atom is -0.365 e. The Morgan fingerprint density at radius 1 is 1.12 bits per heavy atom. The van der Waals surface area contributed by atoms with Gasteiger partial charge in [-0.2, -0.15) is 0 Å². The summed E-state index contributed by atoms with van der Waals surface area (Å²) in [5, 5.41) is 6.40. The van der Waals surface area contributed by atoms with Crippen LogP contribution in [0.2, 0.25) is 0 Å². The Bertz CT molecular complexity index is 862. The Morgan fingerprint density at radius 3 is 2.50 bits per heavy atom. The second-order valence-corrected chi connectivity index (χ2v) is 8.48. The van der Waals surface area contributed by atoms with Crippen LogP contribution in [0, 0.1) is 0 Å². The number of fused-ring (bicyclic) bond motifs is 1. The van der Waals surface area contributed by atoms with Crippen molar-refractivity contribution in [3.05, 3.63) is 50.3 Å². The summed E-state index contributed by atoms with van der Waals surface area (Å²) in [5.41, 5.74) is 7.64. The molecular weight excluding hydrogens is 434 g/mol. The Kier molecular flexibility index (Phi) is 6.05. The van der Waals surface area contributed by atoms with Crippen molar-refractivity contribution in [3.63, 3.8) is 0 Å². The lowest BCUT2D eigenvalue weighted by atomic mass is 10.1. The number of anilines is 1. The smallest absolute Gasteiger partial charge is 0.257 e. The average Bonchev–Trinajstić information content (AvgIpc) is 2.76. The third kappa shape index (κ3) is 4.31. The first-order valence-electron chi connectivity index (χ1n) is 8.28. The van der Waals surface area contributed by atoms with Gasteiger partial charge in [0.15, 0.2) is 5.11 Å². The van der Waals surface area contributed by atoms with Gasteiger partial charge >= 0.3 is 0 Å². The second-order valence-electron chi connectivity index (χ2n) is 6.05. The highest BCUT2D eigenvalue weighted by atomic mass is 79.9. The Hall–Kier alpha value is -1.77. The molecule has 0 bridgehead atoms. The summed E-state index contributed by atoms with van der Waals surface area (Å²) in [6.07, 6.45) is 5.11. The Morgan fingerprint density at radius 2 is 1.81 bits per heavy atom. The van der Waals surface area contributed by atoms with Gasteiger partial charge in [0, 0.05) is 14.9 Å². The van der Waals surface area contributed by atoms with E-state index in [-0.39, 0.29) is 11.0 Å². The van der Waals surface area contributed by atoms with Crippen LogP contribution in [0.15, 0.2) is 28.7 Å². The summed E-state index contributed by atoms with van der Waals surface area (Å²) in [5.74, 6) is -0.775. The third-order valence-electron chi connectivity index (χ3n) is 4.23. The molecule has 1 aromatic carbocycles. The predicted octanol–water partition coefficient (Wildman–Crippen LogP) is 4.01. The fourth-order valence-corrected chi connectivity index (χ4v) is 4.83. The topological polar surface area (TPSA) is 84.2 Å². The fraction of sp³-hybridized carbons (Fsp3) is 0.278. The number of halogens is 1. The molecule has 0 saturated carbocycles. The zero-order valence-electron chi connectivity index (χ0n) is 13.9. The van der Waals surface area contributed by atoms with Gasteiger partial charge in [-0.3, -0.25) is 14.9 Å². The molecule has 1 heterocycles.